The lowest BCUT2D eigenvalue weighted by Crippen LogP contribution is -2.29. The maximum absolute atomic E-state index is 5.97. The molecule has 1 fully saturated rings. The molecule has 1 aromatic rings. The fourth-order valence-corrected chi connectivity index (χ4v) is 5.28. The molecule has 1 saturated heterocycles. The van der Waals surface area contributed by atoms with Crippen molar-refractivity contribution in [3.05, 3.63) is 17.1 Å². The Morgan fingerprint density at radius 2 is 1.55 bits per heavy atom. The topological polar surface area (TPSA) is 22.3 Å². The lowest BCUT2D eigenvalue weighted by molar-refractivity contribution is -0.692. The van der Waals surface area contributed by atoms with E-state index < -0.39 is 0 Å². The van der Waals surface area contributed by atoms with Crippen molar-refractivity contribution >= 4 is 11.3 Å². The first-order chi connectivity index (χ1) is 15.4. The smallest absolute Gasteiger partial charge is 0.224 e. The van der Waals surface area contributed by atoms with Crippen molar-refractivity contribution in [1.29, 1.82) is 0 Å². The van der Waals surface area contributed by atoms with Crippen LogP contribution in [0.2, 0.25) is 0 Å². The first-order valence-corrected chi connectivity index (χ1v) is 14.4. The van der Waals surface area contributed by atoms with Gasteiger partial charge in [-0.2, -0.15) is 4.57 Å². The van der Waals surface area contributed by atoms with Crippen LogP contribution in [-0.2, 0) is 16.0 Å². The summed E-state index contributed by atoms with van der Waals surface area (Å²) in [6.45, 7) is 6.08. The van der Waals surface area contributed by atoms with Crippen LogP contribution in [0.1, 0.15) is 116 Å². The summed E-state index contributed by atoms with van der Waals surface area (Å²) in [5, 5.41) is 2.13. The largest absolute Gasteiger partial charge is 0.379 e. The average Bonchev–Trinajstić information content (AvgIpc) is 3.46. The first kappa shape index (κ1) is 26.8. The Hall–Kier alpha value is -0.450. The Morgan fingerprint density at radius 1 is 0.871 bits per heavy atom. The van der Waals surface area contributed by atoms with Crippen molar-refractivity contribution in [2.24, 2.45) is 5.92 Å². The number of aryl methyl sites for hydroxylation is 1. The number of ether oxygens (including phenoxy) is 2. The molecular formula is C27H50NO2S+. The Balaban J connectivity index is 1.29. The first-order valence-electron chi connectivity index (χ1n) is 13.5. The van der Waals surface area contributed by atoms with E-state index in [0.717, 1.165) is 32.3 Å². The lowest BCUT2D eigenvalue weighted by atomic mass is 9.97. The van der Waals surface area contributed by atoms with Gasteiger partial charge in [-0.25, -0.2) is 0 Å². The highest BCUT2D eigenvalue weighted by atomic mass is 32.1. The van der Waals surface area contributed by atoms with Gasteiger partial charge in [-0.15, -0.1) is 0 Å². The van der Waals surface area contributed by atoms with Crippen molar-refractivity contribution in [3.63, 3.8) is 0 Å². The second-order valence-electron chi connectivity index (χ2n) is 9.63. The fraction of sp³-hybridized carbons (Fsp3) is 0.889. The van der Waals surface area contributed by atoms with E-state index in [0.29, 0.717) is 6.10 Å². The van der Waals surface area contributed by atoms with Crippen LogP contribution in [0, 0.1) is 5.92 Å². The van der Waals surface area contributed by atoms with E-state index in [1.165, 1.54) is 109 Å². The van der Waals surface area contributed by atoms with E-state index in [2.05, 4.69) is 28.6 Å². The molecule has 0 saturated carbocycles. The summed E-state index contributed by atoms with van der Waals surface area (Å²) in [4.78, 5) is 0. The summed E-state index contributed by atoms with van der Waals surface area (Å²) >= 11 is 1.76. The molecular weight excluding hydrogens is 402 g/mol. The van der Waals surface area contributed by atoms with Gasteiger partial charge in [0.05, 0.1) is 18.1 Å². The number of thiazole rings is 1. The number of rotatable bonds is 21. The standard InChI is InChI=1S/C27H50NO2S/c1-2-3-4-5-6-7-8-9-10-11-12-14-17-26-22-27(30-23-26)24-29-20-16-13-15-18-28-19-21-31-25-28/h19,21,25-27H,2-18,20,22-24H2,1H3/q+1/t26-,27+/m1/s1. The molecule has 0 N–H and O–H groups in total. The van der Waals surface area contributed by atoms with Gasteiger partial charge >= 0.3 is 0 Å². The number of unbranched alkanes of at least 4 members (excludes halogenated alkanes) is 13. The van der Waals surface area contributed by atoms with Crippen LogP contribution in [0.3, 0.4) is 0 Å². The maximum atomic E-state index is 5.97. The van der Waals surface area contributed by atoms with Crippen LogP contribution in [0.5, 0.6) is 0 Å². The van der Waals surface area contributed by atoms with Gasteiger partial charge in [-0.3, -0.25) is 0 Å². The molecule has 1 aromatic heterocycles. The van der Waals surface area contributed by atoms with Crippen LogP contribution in [-0.4, -0.2) is 25.9 Å². The normalized spacial score (nSPS) is 18.7. The van der Waals surface area contributed by atoms with Gasteiger partial charge in [0.1, 0.15) is 6.54 Å². The maximum Gasteiger partial charge on any atom is 0.224 e. The minimum absolute atomic E-state index is 0.351. The number of nitrogens with zero attached hydrogens (tertiary/aromatic N) is 1. The molecule has 2 rings (SSSR count). The van der Waals surface area contributed by atoms with Gasteiger partial charge in [-0.1, -0.05) is 95.3 Å². The summed E-state index contributed by atoms with van der Waals surface area (Å²) in [6.07, 6.45) is 25.9. The molecule has 0 unspecified atom stereocenters. The van der Waals surface area contributed by atoms with Crippen LogP contribution in [0.4, 0.5) is 0 Å². The molecule has 2 atom stereocenters. The summed E-state index contributed by atoms with van der Waals surface area (Å²) in [5.41, 5.74) is 2.18. The zero-order chi connectivity index (χ0) is 21.8. The minimum atomic E-state index is 0.351. The van der Waals surface area contributed by atoms with Gasteiger partial charge < -0.3 is 9.47 Å². The summed E-state index contributed by atoms with van der Waals surface area (Å²) in [7, 11) is 0. The third kappa shape index (κ3) is 14.3. The molecule has 1 aliphatic heterocycles. The van der Waals surface area contributed by atoms with Crippen LogP contribution < -0.4 is 4.57 Å². The van der Waals surface area contributed by atoms with Crippen LogP contribution in [0.15, 0.2) is 17.1 Å². The van der Waals surface area contributed by atoms with E-state index in [-0.39, 0.29) is 0 Å². The molecule has 1 aliphatic rings. The Kier molecular flexibility index (Phi) is 16.5. The quantitative estimate of drug-likeness (QED) is 0.141. The Morgan fingerprint density at radius 3 is 2.23 bits per heavy atom. The predicted octanol–water partition coefficient (Wildman–Crippen LogP) is 7.72. The molecule has 0 amide bonds. The van der Waals surface area contributed by atoms with Gasteiger partial charge in [0.15, 0.2) is 6.20 Å². The molecule has 4 heteroatoms. The average molecular weight is 453 g/mol. The molecule has 2 heterocycles. The second kappa shape index (κ2) is 19.1. The van der Waals surface area contributed by atoms with Gasteiger partial charge in [0, 0.05) is 19.6 Å². The van der Waals surface area contributed by atoms with E-state index in [9.17, 15) is 0 Å². The molecule has 0 aliphatic carbocycles. The molecule has 0 spiro atoms. The molecule has 180 valence electrons. The van der Waals surface area contributed by atoms with Crippen molar-refractivity contribution < 1.29 is 14.0 Å². The monoisotopic (exact) mass is 452 g/mol. The highest BCUT2D eigenvalue weighted by Gasteiger charge is 2.24. The van der Waals surface area contributed by atoms with E-state index in [4.69, 9.17) is 9.47 Å². The molecule has 0 radical (unpaired) electrons. The third-order valence-electron chi connectivity index (χ3n) is 6.67. The Labute approximate surface area is 196 Å². The van der Waals surface area contributed by atoms with Gasteiger partial charge in [0.25, 0.3) is 0 Å². The van der Waals surface area contributed by atoms with E-state index >= 15 is 0 Å². The minimum Gasteiger partial charge on any atom is -0.379 e. The summed E-state index contributed by atoms with van der Waals surface area (Å²) in [6, 6.07) is 0. The summed E-state index contributed by atoms with van der Waals surface area (Å²) in [5.74, 6) is 0.777. The second-order valence-corrected chi connectivity index (χ2v) is 10.4. The zero-order valence-corrected chi connectivity index (χ0v) is 21.2. The number of aromatic nitrogens is 1. The number of hydrogen-bond acceptors (Lipinski definition) is 3. The fourth-order valence-electron chi connectivity index (χ4n) is 4.65. The van der Waals surface area contributed by atoms with Crippen LogP contribution in [0.25, 0.3) is 0 Å². The molecule has 0 bridgehead atoms. The van der Waals surface area contributed by atoms with E-state index in [1.54, 1.807) is 11.3 Å². The van der Waals surface area contributed by atoms with Gasteiger partial charge in [0.2, 0.25) is 5.51 Å². The van der Waals surface area contributed by atoms with Gasteiger partial charge in [-0.05, 0) is 31.6 Å². The highest BCUT2D eigenvalue weighted by molar-refractivity contribution is 7.07. The van der Waals surface area contributed by atoms with E-state index in [1.807, 2.05) is 0 Å². The molecule has 0 aromatic carbocycles. The number of hydrogen-bond donors (Lipinski definition) is 0. The predicted molar refractivity (Wildman–Crippen MR) is 133 cm³/mol. The highest BCUT2D eigenvalue weighted by Crippen LogP contribution is 2.25. The zero-order valence-electron chi connectivity index (χ0n) is 20.4. The third-order valence-corrected chi connectivity index (χ3v) is 7.34. The Bertz CT molecular complexity index is 493. The van der Waals surface area contributed by atoms with Crippen molar-refractivity contribution in [2.45, 2.75) is 129 Å². The summed E-state index contributed by atoms with van der Waals surface area (Å²) < 4.78 is 14.1. The molecule has 31 heavy (non-hydrogen) atoms. The van der Waals surface area contributed by atoms with Crippen molar-refractivity contribution in [2.75, 3.05) is 19.8 Å². The van der Waals surface area contributed by atoms with Crippen molar-refractivity contribution in [1.82, 2.24) is 0 Å². The lowest BCUT2D eigenvalue weighted by Gasteiger charge is -2.10. The molecule has 3 nitrogen and oxygen atoms in total. The van der Waals surface area contributed by atoms with Crippen molar-refractivity contribution in [3.8, 4) is 0 Å². The SMILES string of the molecule is CCCCCCCCCCCCCC[C@H]1CO[C@H](COCCCCC[n+]2ccsc2)C1. The van der Waals surface area contributed by atoms with Crippen LogP contribution >= 0.6 is 11.3 Å².